The van der Waals surface area contributed by atoms with Gasteiger partial charge in [0.15, 0.2) is 12.4 Å². The maximum atomic E-state index is 11.9. The van der Waals surface area contributed by atoms with E-state index >= 15 is 0 Å². The summed E-state index contributed by atoms with van der Waals surface area (Å²) in [5, 5.41) is 2.62. The standard InChI is InChI=1S/C18H19NO5/c1-11(2)19-17(21)10-23-18(22)16-9-8-15(24-16)14-6-4-13(5-7-14)12(3)20/h4-9,11H,10H2,1-3H3,(H,19,21). The zero-order chi connectivity index (χ0) is 17.7. The molecule has 6 heteroatoms. The smallest absolute Gasteiger partial charge is 0.374 e. The molecule has 24 heavy (non-hydrogen) atoms. The first-order valence-corrected chi connectivity index (χ1v) is 7.54. The van der Waals surface area contributed by atoms with Gasteiger partial charge in [-0.15, -0.1) is 0 Å². The van der Waals surface area contributed by atoms with Gasteiger partial charge in [0.25, 0.3) is 5.91 Å². The van der Waals surface area contributed by atoms with E-state index in [9.17, 15) is 14.4 Å². The first kappa shape index (κ1) is 17.5. The molecule has 2 rings (SSSR count). The van der Waals surface area contributed by atoms with Gasteiger partial charge in [0.1, 0.15) is 5.76 Å². The number of ether oxygens (including phenoxy) is 1. The van der Waals surface area contributed by atoms with Gasteiger partial charge in [0, 0.05) is 17.2 Å². The molecule has 0 aliphatic carbocycles. The third-order valence-electron chi connectivity index (χ3n) is 3.17. The van der Waals surface area contributed by atoms with Gasteiger partial charge in [0.05, 0.1) is 0 Å². The number of carbonyl (C=O) groups is 3. The lowest BCUT2D eigenvalue weighted by molar-refractivity contribution is -0.124. The number of nitrogens with one attached hydrogen (secondary N) is 1. The highest BCUT2D eigenvalue weighted by Crippen LogP contribution is 2.23. The molecule has 1 aromatic heterocycles. The SMILES string of the molecule is CC(=O)c1ccc(-c2ccc(C(=O)OCC(=O)NC(C)C)o2)cc1. The molecule has 1 N–H and O–H groups in total. The molecule has 2 aromatic rings. The van der Waals surface area contributed by atoms with Gasteiger partial charge in [-0.3, -0.25) is 9.59 Å². The zero-order valence-corrected chi connectivity index (χ0v) is 13.8. The van der Waals surface area contributed by atoms with Crippen LogP contribution in [0.4, 0.5) is 0 Å². The second-order valence-corrected chi connectivity index (χ2v) is 5.60. The summed E-state index contributed by atoms with van der Waals surface area (Å²) in [6.07, 6.45) is 0. The Morgan fingerprint density at radius 2 is 1.75 bits per heavy atom. The minimum Gasteiger partial charge on any atom is -0.450 e. The van der Waals surface area contributed by atoms with E-state index in [-0.39, 0.29) is 30.1 Å². The van der Waals surface area contributed by atoms with Gasteiger partial charge < -0.3 is 14.5 Å². The zero-order valence-electron chi connectivity index (χ0n) is 13.8. The first-order chi connectivity index (χ1) is 11.4. The van der Waals surface area contributed by atoms with Crippen LogP contribution in [0.3, 0.4) is 0 Å². The van der Waals surface area contributed by atoms with Crippen molar-refractivity contribution in [1.82, 2.24) is 5.32 Å². The van der Waals surface area contributed by atoms with Crippen LogP contribution in [0.25, 0.3) is 11.3 Å². The number of esters is 1. The molecule has 0 atom stereocenters. The monoisotopic (exact) mass is 329 g/mol. The number of carbonyl (C=O) groups excluding carboxylic acids is 3. The van der Waals surface area contributed by atoms with Gasteiger partial charge in [-0.05, 0) is 32.9 Å². The van der Waals surface area contributed by atoms with Gasteiger partial charge >= 0.3 is 5.97 Å². The molecule has 0 aliphatic heterocycles. The van der Waals surface area contributed by atoms with Crippen molar-refractivity contribution in [3.8, 4) is 11.3 Å². The highest BCUT2D eigenvalue weighted by Gasteiger charge is 2.15. The molecule has 0 aliphatic rings. The van der Waals surface area contributed by atoms with Crippen molar-refractivity contribution in [3.05, 3.63) is 47.7 Å². The van der Waals surface area contributed by atoms with Crippen molar-refractivity contribution < 1.29 is 23.5 Å². The Morgan fingerprint density at radius 3 is 2.33 bits per heavy atom. The lowest BCUT2D eigenvalue weighted by atomic mass is 10.1. The van der Waals surface area contributed by atoms with E-state index in [0.717, 1.165) is 5.56 Å². The molecule has 1 aromatic carbocycles. The van der Waals surface area contributed by atoms with Gasteiger partial charge in [-0.1, -0.05) is 24.3 Å². The number of benzene rings is 1. The third-order valence-corrected chi connectivity index (χ3v) is 3.17. The molecule has 0 unspecified atom stereocenters. The van der Waals surface area contributed by atoms with Crippen molar-refractivity contribution in [2.45, 2.75) is 26.8 Å². The largest absolute Gasteiger partial charge is 0.450 e. The third kappa shape index (κ3) is 4.55. The number of Topliss-reactive ketones (excluding diaryl/α,β-unsaturated/α-hetero) is 1. The summed E-state index contributed by atoms with van der Waals surface area (Å²) in [6.45, 7) is 4.76. The van der Waals surface area contributed by atoms with E-state index in [1.54, 1.807) is 30.3 Å². The Hall–Kier alpha value is -2.89. The molecular weight excluding hydrogens is 310 g/mol. The Balaban J connectivity index is 2.00. The van der Waals surface area contributed by atoms with Crippen LogP contribution in [0.2, 0.25) is 0 Å². The number of furan rings is 1. The minimum atomic E-state index is -0.708. The summed E-state index contributed by atoms with van der Waals surface area (Å²) in [7, 11) is 0. The molecule has 0 saturated heterocycles. The van der Waals surface area contributed by atoms with Crippen molar-refractivity contribution in [2.75, 3.05) is 6.61 Å². The summed E-state index contributed by atoms with van der Waals surface area (Å²) < 4.78 is 10.4. The average molecular weight is 329 g/mol. The second kappa shape index (κ2) is 7.59. The van der Waals surface area contributed by atoms with Crippen molar-refractivity contribution in [2.24, 2.45) is 0 Å². The van der Waals surface area contributed by atoms with Crippen LogP contribution in [-0.4, -0.2) is 30.3 Å². The summed E-state index contributed by atoms with van der Waals surface area (Å²) in [5.74, 6) is -0.614. The van der Waals surface area contributed by atoms with Crippen molar-refractivity contribution >= 4 is 17.7 Å². The molecule has 0 radical (unpaired) electrons. The molecule has 126 valence electrons. The van der Waals surface area contributed by atoms with Crippen molar-refractivity contribution in [3.63, 3.8) is 0 Å². The van der Waals surface area contributed by atoms with E-state index < -0.39 is 5.97 Å². The van der Waals surface area contributed by atoms with E-state index in [4.69, 9.17) is 9.15 Å². The van der Waals surface area contributed by atoms with Crippen LogP contribution < -0.4 is 5.32 Å². The fourth-order valence-electron chi connectivity index (χ4n) is 2.04. The van der Waals surface area contributed by atoms with Crippen LogP contribution in [0.5, 0.6) is 0 Å². The minimum absolute atomic E-state index is 0.0120. The highest BCUT2D eigenvalue weighted by atomic mass is 16.5. The summed E-state index contributed by atoms with van der Waals surface area (Å²) in [4.78, 5) is 34.6. The molecule has 6 nitrogen and oxygen atoms in total. The van der Waals surface area contributed by atoms with Crippen LogP contribution >= 0.6 is 0 Å². The number of rotatable bonds is 6. The molecule has 0 bridgehead atoms. The molecule has 0 fully saturated rings. The number of amides is 1. The molecule has 0 saturated carbocycles. The van der Waals surface area contributed by atoms with E-state index in [1.807, 2.05) is 13.8 Å². The van der Waals surface area contributed by atoms with Gasteiger partial charge in [-0.25, -0.2) is 4.79 Å². The summed E-state index contributed by atoms with van der Waals surface area (Å²) in [6, 6.07) is 9.94. The second-order valence-electron chi connectivity index (χ2n) is 5.60. The summed E-state index contributed by atoms with van der Waals surface area (Å²) >= 11 is 0. The molecular formula is C18H19NO5. The van der Waals surface area contributed by atoms with E-state index in [1.165, 1.54) is 13.0 Å². The van der Waals surface area contributed by atoms with Gasteiger partial charge in [-0.2, -0.15) is 0 Å². The maximum absolute atomic E-state index is 11.9. The quantitative estimate of drug-likeness (QED) is 0.650. The fraction of sp³-hybridized carbons (Fsp3) is 0.278. The lowest BCUT2D eigenvalue weighted by Gasteiger charge is -2.07. The van der Waals surface area contributed by atoms with Crippen LogP contribution in [-0.2, 0) is 9.53 Å². The Kier molecular flexibility index (Phi) is 5.52. The van der Waals surface area contributed by atoms with E-state index in [0.29, 0.717) is 11.3 Å². The average Bonchev–Trinajstić information content (AvgIpc) is 3.02. The number of hydrogen-bond donors (Lipinski definition) is 1. The molecule has 1 heterocycles. The Bertz CT molecular complexity index is 743. The maximum Gasteiger partial charge on any atom is 0.374 e. The molecule has 0 spiro atoms. The predicted octanol–water partition coefficient (Wildman–Crippen LogP) is 2.83. The summed E-state index contributed by atoms with van der Waals surface area (Å²) in [5.41, 5.74) is 1.33. The fourth-order valence-corrected chi connectivity index (χ4v) is 2.04. The molecule has 1 amide bonds. The Morgan fingerprint density at radius 1 is 1.08 bits per heavy atom. The highest BCUT2D eigenvalue weighted by molar-refractivity contribution is 5.94. The Labute approximate surface area is 139 Å². The van der Waals surface area contributed by atoms with Crippen LogP contribution in [0, 0.1) is 0 Å². The number of ketones is 1. The predicted molar refractivity (Wildman–Crippen MR) is 87.7 cm³/mol. The topological polar surface area (TPSA) is 85.6 Å². The van der Waals surface area contributed by atoms with Crippen molar-refractivity contribution in [1.29, 1.82) is 0 Å². The normalized spacial score (nSPS) is 10.5. The van der Waals surface area contributed by atoms with Crippen LogP contribution in [0.15, 0.2) is 40.8 Å². The van der Waals surface area contributed by atoms with Gasteiger partial charge in [0.2, 0.25) is 5.76 Å². The first-order valence-electron chi connectivity index (χ1n) is 7.54. The lowest BCUT2D eigenvalue weighted by Crippen LogP contribution is -2.33. The van der Waals surface area contributed by atoms with E-state index in [2.05, 4.69) is 5.32 Å². The number of hydrogen-bond acceptors (Lipinski definition) is 5. The van der Waals surface area contributed by atoms with Crippen LogP contribution in [0.1, 0.15) is 41.7 Å².